The Bertz CT molecular complexity index is 762. The van der Waals surface area contributed by atoms with Gasteiger partial charge in [-0.1, -0.05) is 6.07 Å². The second-order valence-corrected chi connectivity index (χ2v) is 6.93. The Hall–Kier alpha value is -2.12. The van der Waals surface area contributed by atoms with E-state index in [4.69, 9.17) is 9.47 Å². The molecule has 1 aromatic carbocycles. The fourth-order valence-electron chi connectivity index (χ4n) is 2.17. The van der Waals surface area contributed by atoms with Crippen molar-refractivity contribution in [2.75, 3.05) is 20.3 Å². The molecule has 7 heteroatoms. The normalized spacial score (nSPS) is 14.1. The van der Waals surface area contributed by atoms with Crippen molar-refractivity contribution < 1.29 is 17.9 Å². The number of rotatable bonds is 4. The van der Waals surface area contributed by atoms with E-state index in [0.717, 1.165) is 0 Å². The van der Waals surface area contributed by atoms with Gasteiger partial charge in [-0.2, -0.15) is 4.31 Å². The average Bonchev–Trinajstić information content (AvgIpc) is 2.55. The van der Waals surface area contributed by atoms with Crippen molar-refractivity contribution in [2.24, 2.45) is 0 Å². The van der Waals surface area contributed by atoms with Crippen LogP contribution in [0.3, 0.4) is 0 Å². The van der Waals surface area contributed by atoms with Crippen LogP contribution in [-0.2, 0) is 16.6 Å². The molecule has 0 amide bonds. The van der Waals surface area contributed by atoms with E-state index < -0.39 is 10.0 Å². The Morgan fingerprint density at radius 3 is 2.64 bits per heavy atom. The number of hydrogen-bond acceptors (Lipinski definition) is 5. The number of nitrogens with zero attached hydrogens (tertiary/aromatic N) is 2. The van der Waals surface area contributed by atoms with Gasteiger partial charge in [0.25, 0.3) is 0 Å². The summed E-state index contributed by atoms with van der Waals surface area (Å²) in [6.45, 7) is 1.09. The molecule has 2 heterocycles. The zero-order valence-corrected chi connectivity index (χ0v) is 12.9. The maximum atomic E-state index is 12.6. The molecule has 2 aromatic rings. The van der Waals surface area contributed by atoms with E-state index in [1.54, 1.807) is 24.4 Å². The summed E-state index contributed by atoms with van der Waals surface area (Å²) in [5.41, 5.74) is 0.686. The molecule has 0 unspecified atom stereocenters. The van der Waals surface area contributed by atoms with Gasteiger partial charge in [0, 0.05) is 19.3 Å². The van der Waals surface area contributed by atoms with E-state index in [-0.39, 0.29) is 11.4 Å². The van der Waals surface area contributed by atoms with E-state index >= 15 is 0 Å². The molecule has 0 atom stereocenters. The fraction of sp³-hybridized carbons (Fsp3) is 0.267. The summed E-state index contributed by atoms with van der Waals surface area (Å²) < 4.78 is 37.4. The lowest BCUT2D eigenvalue weighted by Crippen LogP contribution is -2.27. The highest BCUT2D eigenvalue weighted by atomic mass is 32.2. The molecule has 0 N–H and O–H groups in total. The number of aromatic nitrogens is 1. The Morgan fingerprint density at radius 1 is 1.14 bits per heavy atom. The van der Waals surface area contributed by atoms with Gasteiger partial charge in [-0.05, 0) is 24.3 Å². The van der Waals surface area contributed by atoms with Crippen molar-refractivity contribution in [2.45, 2.75) is 11.4 Å². The number of fused-ring (bicyclic) bond motifs is 1. The Morgan fingerprint density at radius 2 is 1.91 bits per heavy atom. The van der Waals surface area contributed by atoms with E-state index in [9.17, 15) is 8.42 Å². The molecular formula is C15H16N2O4S. The average molecular weight is 320 g/mol. The van der Waals surface area contributed by atoms with Gasteiger partial charge in [0.05, 0.1) is 17.1 Å². The SMILES string of the molecule is CN(Cc1ccccn1)S(=O)(=O)c1ccc2c(c1)OCCO2. The molecule has 1 aliphatic heterocycles. The van der Waals surface area contributed by atoms with Crippen molar-refractivity contribution in [3.05, 3.63) is 48.3 Å². The second-order valence-electron chi connectivity index (χ2n) is 4.89. The first-order chi connectivity index (χ1) is 10.6. The maximum absolute atomic E-state index is 12.6. The lowest BCUT2D eigenvalue weighted by molar-refractivity contribution is 0.171. The summed E-state index contributed by atoms with van der Waals surface area (Å²) in [5, 5.41) is 0. The molecule has 0 radical (unpaired) electrons. The third kappa shape index (κ3) is 2.90. The molecule has 0 saturated carbocycles. The lowest BCUT2D eigenvalue weighted by Gasteiger charge is -2.21. The van der Waals surface area contributed by atoms with E-state index in [0.29, 0.717) is 30.4 Å². The van der Waals surface area contributed by atoms with Crippen LogP contribution in [0.2, 0.25) is 0 Å². The summed E-state index contributed by atoms with van der Waals surface area (Å²) in [6.07, 6.45) is 1.64. The van der Waals surface area contributed by atoms with Crippen LogP contribution in [0.15, 0.2) is 47.5 Å². The maximum Gasteiger partial charge on any atom is 0.243 e. The minimum atomic E-state index is -3.61. The van der Waals surface area contributed by atoms with Crippen molar-refractivity contribution in [3.8, 4) is 11.5 Å². The van der Waals surface area contributed by atoms with Gasteiger partial charge in [0.2, 0.25) is 10.0 Å². The molecule has 22 heavy (non-hydrogen) atoms. The van der Waals surface area contributed by atoms with Crippen LogP contribution in [0.25, 0.3) is 0 Å². The lowest BCUT2D eigenvalue weighted by atomic mass is 10.3. The zero-order valence-electron chi connectivity index (χ0n) is 12.1. The molecule has 116 valence electrons. The summed E-state index contributed by atoms with van der Waals surface area (Å²) in [6, 6.07) is 10.0. The molecular weight excluding hydrogens is 304 g/mol. The quantitative estimate of drug-likeness (QED) is 0.857. The van der Waals surface area contributed by atoms with Crippen LogP contribution in [0.5, 0.6) is 11.5 Å². The van der Waals surface area contributed by atoms with Gasteiger partial charge in [-0.3, -0.25) is 4.98 Å². The summed E-state index contributed by atoms with van der Waals surface area (Å²) >= 11 is 0. The Balaban J connectivity index is 1.86. The predicted molar refractivity (Wildman–Crippen MR) is 80.3 cm³/mol. The van der Waals surface area contributed by atoms with Crippen molar-refractivity contribution in [3.63, 3.8) is 0 Å². The molecule has 1 aliphatic rings. The topological polar surface area (TPSA) is 68.7 Å². The Labute approximate surface area is 129 Å². The number of benzene rings is 1. The number of sulfonamides is 1. The molecule has 0 aliphatic carbocycles. The molecule has 3 rings (SSSR count). The number of hydrogen-bond donors (Lipinski definition) is 0. The van der Waals surface area contributed by atoms with Gasteiger partial charge in [-0.25, -0.2) is 8.42 Å². The highest BCUT2D eigenvalue weighted by Gasteiger charge is 2.24. The summed E-state index contributed by atoms with van der Waals surface area (Å²) in [5.74, 6) is 1.02. The first kappa shape index (κ1) is 14.8. The molecule has 6 nitrogen and oxygen atoms in total. The van der Waals surface area contributed by atoms with E-state index in [2.05, 4.69) is 4.98 Å². The van der Waals surface area contributed by atoms with E-state index in [1.807, 2.05) is 6.07 Å². The first-order valence-electron chi connectivity index (χ1n) is 6.83. The zero-order chi connectivity index (χ0) is 15.6. The summed E-state index contributed by atoms with van der Waals surface area (Å²) in [4.78, 5) is 4.32. The van der Waals surface area contributed by atoms with Crippen molar-refractivity contribution in [1.29, 1.82) is 0 Å². The van der Waals surface area contributed by atoms with Gasteiger partial charge in [0.15, 0.2) is 11.5 Å². The molecule has 0 fully saturated rings. The van der Waals surface area contributed by atoms with E-state index in [1.165, 1.54) is 23.5 Å². The molecule has 0 bridgehead atoms. The van der Waals surface area contributed by atoms with Gasteiger partial charge < -0.3 is 9.47 Å². The highest BCUT2D eigenvalue weighted by molar-refractivity contribution is 7.89. The van der Waals surface area contributed by atoms with Crippen LogP contribution in [0.4, 0.5) is 0 Å². The van der Waals surface area contributed by atoms with Gasteiger partial charge >= 0.3 is 0 Å². The number of pyridine rings is 1. The van der Waals surface area contributed by atoms with Gasteiger partial charge in [0.1, 0.15) is 13.2 Å². The second kappa shape index (κ2) is 5.94. The summed E-state index contributed by atoms with van der Waals surface area (Å²) in [7, 11) is -2.08. The van der Waals surface area contributed by atoms with Crippen LogP contribution in [0.1, 0.15) is 5.69 Å². The fourth-order valence-corrected chi connectivity index (χ4v) is 3.33. The third-order valence-electron chi connectivity index (χ3n) is 3.33. The first-order valence-corrected chi connectivity index (χ1v) is 8.27. The monoisotopic (exact) mass is 320 g/mol. The third-order valence-corrected chi connectivity index (χ3v) is 5.13. The minimum absolute atomic E-state index is 0.176. The predicted octanol–water partition coefficient (Wildman–Crippen LogP) is 1.67. The highest BCUT2D eigenvalue weighted by Crippen LogP contribution is 2.33. The molecule has 0 saturated heterocycles. The Kier molecular flexibility index (Phi) is 4.00. The van der Waals surface area contributed by atoms with Crippen LogP contribution in [0, 0.1) is 0 Å². The van der Waals surface area contributed by atoms with Crippen LogP contribution >= 0.6 is 0 Å². The van der Waals surface area contributed by atoms with Crippen LogP contribution < -0.4 is 9.47 Å². The number of ether oxygens (including phenoxy) is 2. The molecule has 0 spiro atoms. The molecule has 1 aromatic heterocycles. The minimum Gasteiger partial charge on any atom is -0.486 e. The van der Waals surface area contributed by atoms with Crippen molar-refractivity contribution >= 4 is 10.0 Å². The van der Waals surface area contributed by atoms with Crippen LogP contribution in [-0.4, -0.2) is 38.0 Å². The van der Waals surface area contributed by atoms with Crippen molar-refractivity contribution in [1.82, 2.24) is 9.29 Å². The standard InChI is InChI=1S/C15H16N2O4S/c1-17(11-12-4-2-3-7-16-12)22(18,19)13-5-6-14-15(10-13)21-9-8-20-14/h2-7,10H,8-9,11H2,1H3. The van der Waals surface area contributed by atoms with Gasteiger partial charge in [-0.15, -0.1) is 0 Å². The smallest absolute Gasteiger partial charge is 0.243 e. The largest absolute Gasteiger partial charge is 0.486 e.